The van der Waals surface area contributed by atoms with E-state index in [0.29, 0.717) is 6.07 Å². The Morgan fingerprint density at radius 1 is 1.40 bits per heavy atom. The molecular formula is C11H7FN4O4. The first-order valence-electron chi connectivity index (χ1n) is 5.22. The molecule has 0 aliphatic carbocycles. The molecule has 2 aromatic rings. The first-order chi connectivity index (χ1) is 9.47. The summed E-state index contributed by atoms with van der Waals surface area (Å²) in [6, 6.07) is 4.16. The molecule has 9 heteroatoms. The molecule has 8 nitrogen and oxygen atoms in total. The van der Waals surface area contributed by atoms with Crippen LogP contribution in [0.4, 0.5) is 10.1 Å². The van der Waals surface area contributed by atoms with E-state index in [1.807, 2.05) is 0 Å². The van der Waals surface area contributed by atoms with Crippen LogP contribution in [0.15, 0.2) is 30.5 Å². The minimum atomic E-state index is -0.932. The van der Waals surface area contributed by atoms with Gasteiger partial charge in [-0.15, -0.1) is 0 Å². The highest BCUT2D eigenvalue weighted by molar-refractivity contribution is 5.88. The number of carbonyl (C=O) groups is 1. The Kier molecular flexibility index (Phi) is 3.51. The fraction of sp³-hybridized carbons (Fsp3) is 0. The first kappa shape index (κ1) is 13.3. The molecule has 1 heterocycles. The number of aromatic nitrogens is 2. The van der Waals surface area contributed by atoms with Crippen molar-refractivity contribution in [2.45, 2.75) is 0 Å². The third-order valence-electron chi connectivity index (χ3n) is 2.19. The number of nitrogens with two attached hydrogens (primary N) is 1. The van der Waals surface area contributed by atoms with E-state index in [-0.39, 0.29) is 17.5 Å². The van der Waals surface area contributed by atoms with Gasteiger partial charge in [0.2, 0.25) is 11.7 Å². The second kappa shape index (κ2) is 5.26. The van der Waals surface area contributed by atoms with Crippen molar-refractivity contribution in [1.82, 2.24) is 9.97 Å². The van der Waals surface area contributed by atoms with E-state index < -0.39 is 22.3 Å². The van der Waals surface area contributed by atoms with Gasteiger partial charge in [0.05, 0.1) is 11.0 Å². The summed E-state index contributed by atoms with van der Waals surface area (Å²) in [5.74, 6) is -2.46. The summed E-state index contributed by atoms with van der Waals surface area (Å²) in [7, 11) is 0. The van der Waals surface area contributed by atoms with Gasteiger partial charge < -0.3 is 10.5 Å². The van der Waals surface area contributed by atoms with Crippen molar-refractivity contribution < 1.29 is 18.8 Å². The van der Waals surface area contributed by atoms with E-state index in [9.17, 15) is 19.3 Å². The van der Waals surface area contributed by atoms with E-state index in [4.69, 9.17) is 10.5 Å². The van der Waals surface area contributed by atoms with E-state index >= 15 is 0 Å². The molecule has 2 rings (SSSR count). The standard InChI is InChI=1S/C11H7FN4O4/c12-7-5-6(16(18)19)1-2-8(7)20-9-3-4-14-11(15-9)10(13)17/h1-5H,(H2,13,17). The predicted octanol–water partition coefficient (Wildman–Crippen LogP) is 1.42. The average Bonchev–Trinajstić information content (AvgIpc) is 2.41. The number of carbonyl (C=O) groups excluding carboxylic acids is 1. The zero-order valence-corrected chi connectivity index (χ0v) is 9.82. The molecule has 0 radical (unpaired) electrons. The molecule has 1 aromatic heterocycles. The third kappa shape index (κ3) is 2.83. The van der Waals surface area contributed by atoms with E-state index in [0.717, 1.165) is 12.1 Å². The average molecular weight is 278 g/mol. The SMILES string of the molecule is NC(=O)c1nccc(Oc2ccc([N+](=O)[O-])cc2F)n1. The number of hydrogen-bond acceptors (Lipinski definition) is 6. The van der Waals surface area contributed by atoms with Crippen molar-refractivity contribution in [2.24, 2.45) is 5.73 Å². The Labute approximate surface area is 111 Å². The molecule has 0 spiro atoms. The molecule has 102 valence electrons. The highest BCUT2D eigenvalue weighted by Crippen LogP contribution is 2.26. The Balaban J connectivity index is 2.28. The number of non-ortho nitro benzene ring substituents is 1. The fourth-order valence-corrected chi connectivity index (χ4v) is 1.32. The van der Waals surface area contributed by atoms with Gasteiger partial charge in [-0.3, -0.25) is 14.9 Å². The Morgan fingerprint density at radius 3 is 2.75 bits per heavy atom. The van der Waals surface area contributed by atoms with Gasteiger partial charge in [0.25, 0.3) is 11.6 Å². The maximum atomic E-state index is 13.6. The number of rotatable bonds is 4. The normalized spacial score (nSPS) is 10.1. The van der Waals surface area contributed by atoms with Gasteiger partial charge in [0, 0.05) is 18.3 Å². The summed E-state index contributed by atoms with van der Waals surface area (Å²) < 4.78 is 18.7. The lowest BCUT2D eigenvalue weighted by Gasteiger charge is -2.05. The molecule has 20 heavy (non-hydrogen) atoms. The van der Waals surface area contributed by atoms with Crippen LogP contribution in [0, 0.1) is 15.9 Å². The fourth-order valence-electron chi connectivity index (χ4n) is 1.32. The summed E-state index contributed by atoms with van der Waals surface area (Å²) in [5.41, 5.74) is 4.58. The van der Waals surface area contributed by atoms with E-state index in [2.05, 4.69) is 9.97 Å². The predicted molar refractivity (Wildman–Crippen MR) is 63.7 cm³/mol. The van der Waals surface area contributed by atoms with Crippen LogP contribution < -0.4 is 10.5 Å². The van der Waals surface area contributed by atoms with Crippen LogP contribution in [0.1, 0.15) is 10.6 Å². The smallest absolute Gasteiger partial charge is 0.286 e. The molecule has 0 fully saturated rings. The molecule has 0 unspecified atom stereocenters. The number of nitro groups is 1. The van der Waals surface area contributed by atoms with Crippen molar-refractivity contribution in [3.05, 3.63) is 52.2 Å². The molecule has 0 aliphatic heterocycles. The van der Waals surface area contributed by atoms with Crippen molar-refractivity contribution >= 4 is 11.6 Å². The topological polar surface area (TPSA) is 121 Å². The monoisotopic (exact) mass is 278 g/mol. The summed E-state index contributed by atoms with van der Waals surface area (Å²) in [5, 5.41) is 10.5. The highest BCUT2D eigenvalue weighted by Gasteiger charge is 2.13. The van der Waals surface area contributed by atoms with E-state index in [1.54, 1.807) is 0 Å². The zero-order chi connectivity index (χ0) is 14.7. The summed E-state index contributed by atoms with van der Waals surface area (Å²) in [4.78, 5) is 27.9. The molecule has 0 saturated heterocycles. The first-order valence-corrected chi connectivity index (χ1v) is 5.22. The van der Waals surface area contributed by atoms with Gasteiger partial charge in [-0.25, -0.2) is 9.37 Å². The molecule has 0 saturated carbocycles. The lowest BCUT2D eigenvalue weighted by Crippen LogP contribution is -2.15. The molecule has 0 bridgehead atoms. The number of nitrogens with zero attached hydrogens (tertiary/aromatic N) is 3. The number of ether oxygens (including phenoxy) is 1. The summed E-state index contributed by atoms with van der Waals surface area (Å²) in [6.07, 6.45) is 1.21. The quantitative estimate of drug-likeness (QED) is 0.666. The van der Waals surface area contributed by atoms with Gasteiger partial charge in [0.15, 0.2) is 11.6 Å². The van der Waals surface area contributed by atoms with Crippen LogP contribution in [0.5, 0.6) is 11.6 Å². The molecule has 2 N–H and O–H groups in total. The summed E-state index contributed by atoms with van der Waals surface area (Å²) >= 11 is 0. The van der Waals surface area contributed by atoms with Gasteiger partial charge in [-0.05, 0) is 6.07 Å². The molecule has 1 amide bonds. The third-order valence-corrected chi connectivity index (χ3v) is 2.19. The second-order valence-corrected chi connectivity index (χ2v) is 3.56. The minimum Gasteiger partial charge on any atom is -0.436 e. The van der Waals surface area contributed by atoms with Crippen molar-refractivity contribution in [1.29, 1.82) is 0 Å². The Morgan fingerprint density at radius 2 is 2.15 bits per heavy atom. The van der Waals surface area contributed by atoms with Crippen molar-refractivity contribution in [3.63, 3.8) is 0 Å². The van der Waals surface area contributed by atoms with Gasteiger partial charge in [0.1, 0.15) is 0 Å². The zero-order valence-electron chi connectivity index (χ0n) is 9.82. The van der Waals surface area contributed by atoms with Crippen LogP contribution >= 0.6 is 0 Å². The van der Waals surface area contributed by atoms with Crippen LogP contribution in [0.25, 0.3) is 0 Å². The van der Waals surface area contributed by atoms with Crippen LogP contribution in [0.2, 0.25) is 0 Å². The molecule has 0 atom stereocenters. The van der Waals surface area contributed by atoms with Gasteiger partial charge in [-0.1, -0.05) is 0 Å². The number of benzene rings is 1. The second-order valence-electron chi connectivity index (χ2n) is 3.56. The Hall–Kier alpha value is -3.10. The van der Waals surface area contributed by atoms with Crippen molar-refractivity contribution in [3.8, 4) is 11.6 Å². The number of nitro benzene ring substituents is 1. The largest absolute Gasteiger partial charge is 0.436 e. The van der Waals surface area contributed by atoms with Crippen LogP contribution in [-0.4, -0.2) is 20.8 Å². The van der Waals surface area contributed by atoms with Gasteiger partial charge in [-0.2, -0.15) is 4.98 Å². The lowest BCUT2D eigenvalue weighted by atomic mass is 10.3. The number of hydrogen-bond donors (Lipinski definition) is 1. The highest BCUT2D eigenvalue weighted by atomic mass is 19.1. The Bertz CT molecular complexity index is 692. The molecule has 0 aliphatic rings. The number of halogens is 1. The molecule has 1 aromatic carbocycles. The maximum Gasteiger partial charge on any atom is 0.286 e. The minimum absolute atomic E-state index is 0.110. The van der Waals surface area contributed by atoms with E-state index in [1.165, 1.54) is 12.3 Å². The van der Waals surface area contributed by atoms with Gasteiger partial charge >= 0.3 is 0 Å². The van der Waals surface area contributed by atoms with Crippen molar-refractivity contribution in [2.75, 3.05) is 0 Å². The van der Waals surface area contributed by atoms with Crippen LogP contribution in [-0.2, 0) is 0 Å². The number of amides is 1. The lowest BCUT2D eigenvalue weighted by molar-refractivity contribution is -0.385. The van der Waals surface area contributed by atoms with Crippen LogP contribution in [0.3, 0.4) is 0 Å². The number of primary amides is 1. The summed E-state index contributed by atoms with van der Waals surface area (Å²) in [6.45, 7) is 0. The maximum absolute atomic E-state index is 13.6. The molecular weight excluding hydrogens is 271 g/mol.